The minimum Gasteiger partial charge on any atom is -0.338 e. The third-order valence-electron chi connectivity index (χ3n) is 3.64. The van der Waals surface area contributed by atoms with E-state index in [-0.39, 0.29) is 5.91 Å². The van der Waals surface area contributed by atoms with Crippen LogP contribution < -0.4 is 0 Å². The van der Waals surface area contributed by atoms with Crippen molar-refractivity contribution >= 4 is 5.91 Å². The van der Waals surface area contributed by atoms with Crippen LogP contribution in [-0.4, -0.2) is 32.3 Å². The number of nitrogens with zero attached hydrogens (tertiary/aromatic N) is 5. The number of aromatic nitrogens is 3. The average Bonchev–Trinajstić information content (AvgIpc) is 2.97. The Morgan fingerprint density at radius 1 is 1.33 bits per heavy atom. The molecule has 6 heteroatoms. The standard InChI is InChI=1S/C18H23N5O/c1-14(2)12-23(13-16-6-4-15(10-19)5-7-16)18(24)9-8-17-11-20-22(3)21-17/h4-7,11,14H,8-9,12-13H2,1-3H3. The molecule has 0 bridgehead atoms. The van der Waals surface area contributed by atoms with Crippen LogP contribution in [0.4, 0.5) is 0 Å². The van der Waals surface area contributed by atoms with E-state index in [2.05, 4.69) is 30.1 Å². The lowest BCUT2D eigenvalue weighted by atomic mass is 10.1. The second kappa shape index (κ2) is 8.25. The van der Waals surface area contributed by atoms with Crippen molar-refractivity contribution in [1.82, 2.24) is 19.9 Å². The van der Waals surface area contributed by atoms with Gasteiger partial charge in [-0.1, -0.05) is 26.0 Å². The topological polar surface area (TPSA) is 74.8 Å². The minimum atomic E-state index is 0.110. The molecule has 0 spiro atoms. The molecule has 1 amide bonds. The number of hydrogen-bond donors (Lipinski definition) is 0. The number of carbonyl (C=O) groups excluding carboxylic acids is 1. The van der Waals surface area contributed by atoms with Gasteiger partial charge in [-0.2, -0.15) is 20.3 Å². The second-order valence-electron chi connectivity index (χ2n) is 6.30. The molecule has 0 aliphatic heterocycles. The Balaban J connectivity index is 2.00. The van der Waals surface area contributed by atoms with Crippen molar-refractivity contribution in [3.05, 3.63) is 47.3 Å². The summed E-state index contributed by atoms with van der Waals surface area (Å²) >= 11 is 0. The molecule has 1 aromatic heterocycles. The van der Waals surface area contributed by atoms with Crippen molar-refractivity contribution in [1.29, 1.82) is 5.26 Å². The largest absolute Gasteiger partial charge is 0.338 e. The number of amides is 1. The fraction of sp³-hybridized carbons (Fsp3) is 0.444. The van der Waals surface area contributed by atoms with E-state index in [9.17, 15) is 4.79 Å². The lowest BCUT2D eigenvalue weighted by molar-refractivity contribution is -0.132. The van der Waals surface area contributed by atoms with Crippen molar-refractivity contribution in [2.75, 3.05) is 6.54 Å². The summed E-state index contributed by atoms with van der Waals surface area (Å²) in [5, 5.41) is 17.1. The van der Waals surface area contributed by atoms with Gasteiger partial charge in [-0.15, -0.1) is 0 Å². The number of nitriles is 1. The zero-order valence-electron chi connectivity index (χ0n) is 14.4. The van der Waals surface area contributed by atoms with E-state index in [1.165, 1.54) is 4.80 Å². The van der Waals surface area contributed by atoms with E-state index in [0.717, 1.165) is 11.3 Å². The summed E-state index contributed by atoms with van der Waals surface area (Å²) in [4.78, 5) is 16.0. The summed E-state index contributed by atoms with van der Waals surface area (Å²) in [6.45, 7) is 5.46. The van der Waals surface area contributed by atoms with Gasteiger partial charge in [0.15, 0.2) is 0 Å². The van der Waals surface area contributed by atoms with Crippen LogP contribution in [0, 0.1) is 17.2 Å². The molecule has 126 valence electrons. The van der Waals surface area contributed by atoms with Crippen molar-refractivity contribution < 1.29 is 4.79 Å². The summed E-state index contributed by atoms with van der Waals surface area (Å²) in [7, 11) is 1.77. The molecule has 0 atom stereocenters. The normalized spacial score (nSPS) is 10.6. The Bertz CT molecular complexity index is 712. The fourth-order valence-corrected chi connectivity index (χ4v) is 2.50. The first-order chi connectivity index (χ1) is 11.5. The number of aryl methyl sites for hydroxylation is 2. The summed E-state index contributed by atoms with van der Waals surface area (Å²) in [6, 6.07) is 9.49. The van der Waals surface area contributed by atoms with Crippen molar-refractivity contribution in [3.8, 4) is 6.07 Å². The van der Waals surface area contributed by atoms with Crippen LogP contribution in [-0.2, 0) is 24.8 Å². The first kappa shape index (κ1) is 17.7. The molecule has 0 aliphatic carbocycles. The predicted octanol–water partition coefficient (Wildman–Crippen LogP) is 2.30. The van der Waals surface area contributed by atoms with Gasteiger partial charge in [0.1, 0.15) is 0 Å². The Kier molecular flexibility index (Phi) is 6.07. The summed E-state index contributed by atoms with van der Waals surface area (Å²) < 4.78 is 0. The van der Waals surface area contributed by atoms with Crippen LogP contribution in [0.25, 0.3) is 0 Å². The molecular weight excluding hydrogens is 302 g/mol. The van der Waals surface area contributed by atoms with Crippen molar-refractivity contribution in [2.45, 2.75) is 33.2 Å². The molecule has 0 fully saturated rings. The van der Waals surface area contributed by atoms with Crippen molar-refractivity contribution in [3.63, 3.8) is 0 Å². The molecule has 2 aromatic rings. The SMILES string of the molecule is CC(C)CN(Cc1ccc(C#N)cc1)C(=O)CCc1cnn(C)n1. The fourth-order valence-electron chi connectivity index (χ4n) is 2.50. The molecular formula is C18H23N5O. The van der Waals surface area contributed by atoms with Crippen LogP contribution in [0.3, 0.4) is 0 Å². The summed E-state index contributed by atoms with van der Waals surface area (Å²) in [5.74, 6) is 0.502. The number of benzene rings is 1. The molecule has 0 aliphatic rings. The Morgan fingerprint density at radius 2 is 2.04 bits per heavy atom. The molecule has 24 heavy (non-hydrogen) atoms. The Hall–Kier alpha value is -2.68. The smallest absolute Gasteiger partial charge is 0.223 e. The first-order valence-electron chi connectivity index (χ1n) is 8.10. The maximum absolute atomic E-state index is 12.6. The maximum Gasteiger partial charge on any atom is 0.223 e. The molecule has 0 radical (unpaired) electrons. The molecule has 0 unspecified atom stereocenters. The van der Waals surface area contributed by atoms with Crippen molar-refractivity contribution in [2.24, 2.45) is 13.0 Å². The van der Waals surface area contributed by atoms with E-state index >= 15 is 0 Å². The molecule has 0 saturated carbocycles. The van der Waals surface area contributed by atoms with Gasteiger partial charge in [0, 0.05) is 33.0 Å². The minimum absolute atomic E-state index is 0.110. The average molecular weight is 325 g/mol. The van der Waals surface area contributed by atoms with Crippen LogP contribution in [0.1, 0.15) is 37.1 Å². The van der Waals surface area contributed by atoms with Crippen LogP contribution in [0.2, 0.25) is 0 Å². The summed E-state index contributed by atoms with van der Waals surface area (Å²) in [6.07, 6.45) is 2.71. The van der Waals surface area contributed by atoms with E-state index in [1.807, 2.05) is 17.0 Å². The Labute approximate surface area is 142 Å². The van der Waals surface area contributed by atoms with Gasteiger partial charge in [0.05, 0.1) is 23.5 Å². The highest BCUT2D eigenvalue weighted by molar-refractivity contribution is 5.76. The predicted molar refractivity (Wildman–Crippen MR) is 90.7 cm³/mol. The quantitative estimate of drug-likeness (QED) is 0.783. The molecule has 6 nitrogen and oxygen atoms in total. The maximum atomic E-state index is 12.6. The van der Waals surface area contributed by atoms with Crippen LogP contribution in [0.15, 0.2) is 30.5 Å². The lowest BCUT2D eigenvalue weighted by Gasteiger charge is -2.25. The molecule has 1 aromatic carbocycles. The lowest BCUT2D eigenvalue weighted by Crippen LogP contribution is -2.33. The highest BCUT2D eigenvalue weighted by Crippen LogP contribution is 2.11. The van der Waals surface area contributed by atoms with Gasteiger partial charge in [-0.25, -0.2) is 0 Å². The van der Waals surface area contributed by atoms with Gasteiger partial charge >= 0.3 is 0 Å². The van der Waals surface area contributed by atoms with Crippen LogP contribution in [0.5, 0.6) is 0 Å². The third-order valence-corrected chi connectivity index (χ3v) is 3.64. The van der Waals surface area contributed by atoms with E-state index in [1.54, 1.807) is 25.4 Å². The number of rotatable bonds is 7. The molecule has 2 rings (SSSR count). The van der Waals surface area contributed by atoms with E-state index in [0.29, 0.717) is 37.4 Å². The van der Waals surface area contributed by atoms with E-state index < -0.39 is 0 Å². The van der Waals surface area contributed by atoms with Gasteiger partial charge in [-0.3, -0.25) is 4.79 Å². The zero-order valence-corrected chi connectivity index (χ0v) is 14.4. The third kappa shape index (κ3) is 5.20. The second-order valence-corrected chi connectivity index (χ2v) is 6.30. The summed E-state index contributed by atoms with van der Waals surface area (Å²) in [5.41, 5.74) is 2.49. The highest BCUT2D eigenvalue weighted by Gasteiger charge is 2.16. The zero-order chi connectivity index (χ0) is 17.5. The first-order valence-corrected chi connectivity index (χ1v) is 8.10. The van der Waals surface area contributed by atoms with Gasteiger partial charge < -0.3 is 4.90 Å². The van der Waals surface area contributed by atoms with Gasteiger partial charge in [0.2, 0.25) is 5.91 Å². The molecule has 0 saturated heterocycles. The number of carbonyl (C=O) groups is 1. The molecule has 0 N–H and O–H groups in total. The molecule has 1 heterocycles. The Morgan fingerprint density at radius 3 is 2.58 bits per heavy atom. The number of hydrogen-bond acceptors (Lipinski definition) is 4. The van der Waals surface area contributed by atoms with Gasteiger partial charge in [0.25, 0.3) is 0 Å². The monoisotopic (exact) mass is 325 g/mol. The van der Waals surface area contributed by atoms with E-state index in [4.69, 9.17) is 5.26 Å². The van der Waals surface area contributed by atoms with Gasteiger partial charge in [-0.05, 0) is 23.6 Å². The highest BCUT2D eigenvalue weighted by atomic mass is 16.2. The van der Waals surface area contributed by atoms with Crippen LogP contribution >= 0.6 is 0 Å².